The number of nitrogens with zero attached hydrogens (tertiary/aromatic N) is 1. The largest absolute Gasteiger partial charge is 0.379 e. The first-order chi connectivity index (χ1) is 12.6. The summed E-state index contributed by atoms with van der Waals surface area (Å²) in [5, 5.41) is 3.15. The Labute approximate surface area is 157 Å². The second kappa shape index (κ2) is 14.6. The summed E-state index contributed by atoms with van der Waals surface area (Å²) in [4.78, 5) is 16.2. The molecule has 0 fully saturated rings. The average Bonchev–Trinajstić information content (AvgIpc) is 2.65. The number of nitrogens with one attached hydrogen (secondary N) is 1. The third-order valence-corrected chi connectivity index (χ3v) is 3.44. The maximum atomic E-state index is 12.0. The van der Waals surface area contributed by atoms with Crippen LogP contribution in [0.4, 0.5) is 5.82 Å². The van der Waals surface area contributed by atoms with E-state index in [4.69, 9.17) is 18.9 Å². The molecule has 0 aliphatic heterocycles. The highest BCUT2D eigenvalue weighted by Gasteiger charge is 2.10. The fourth-order valence-corrected chi connectivity index (χ4v) is 2.07. The van der Waals surface area contributed by atoms with Crippen molar-refractivity contribution in [3.05, 3.63) is 23.9 Å². The van der Waals surface area contributed by atoms with Crippen LogP contribution in [0.2, 0.25) is 0 Å². The van der Waals surface area contributed by atoms with Crippen molar-refractivity contribution < 1.29 is 25.2 Å². The van der Waals surface area contributed by atoms with E-state index in [2.05, 4.69) is 10.3 Å². The van der Waals surface area contributed by atoms with Gasteiger partial charge in [-0.05, 0) is 19.1 Å². The van der Waals surface area contributed by atoms with Gasteiger partial charge in [-0.25, -0.2) is 4.98 Å². The second-order valence-electron chi connectivity index (χ2n) is 5.91. The van der Waals surface area contributed by atoms with E-state index in [1.165, 1.54) is 0 Å². The van der Waals surface area contributed by atoms with Crippen molar-refractivity contribution in [1.29, 1.82) is 0 Å². The normalized spacial score (nSPS) is 11.1. The quantitative estimate of drug-likeness (QED) is 0.354. The summed E-state index contributed by atoms with van der Waals surface area (Å²) in [6, 6.07) is 3.51. The summed E-state index contributed by atoms with van der Waals surface area (Å²) in [5.74, 6) is 0.773. The molecule has 150 valence electrons. The minimum Gasteiger partial charge on any atom is -0.379 e. The number of ether oxygens (including phenoxy) is 4. The highest BCUT2D eigenvalue weighted by Crippen LogP contribution is 2.11. The van der Waals surface area contributed by atoms with Crippen molar-refractivity contribution in [2.24, 2.45) is 5.92 Å². The molecule has 0 amide bonds. The molecule has 0 unspecified atom stereocenters. The van der Waals surface area contributed by atoms with E-state index < -0.39 is 0 Å². The van der Waals surface area contributed by atoms with E-state index in [-0.39, 0.29) is 13.1 Å². The third kappa shape index (κ3) is 10.5. The van der Waals surface area contributed by atoms with Gasteiger partial charge in [0.25, 0.3) is 0 Å². The van der Waals surface area contributed by atoms with Gasteiger partial charge in [0.1, 0.15) is 5.82 Å². The summed E-state index contributed by atoms with van der Waals surface area (Å²) in [6.45, 7) is 11.0. The minimum absolute atomic E-state index is 0. The second-order valence-corrected chi connectivity index (χ2v) is 5.91. The van der Waals surface area contributed by atoms with E-state index in [0.29, 0.717) is 70.8 Å². The topological polar surface area (TPSA) is 78.9 Å². The Morgan fingerprint density at radius 3 is 2.19 bits per heavy atom. The average molecular weight is 370 g/mol. The summed E-state index contributed by atoms with van der Waals surface area (Å²) >= 11 is 0. The van der Waals surface area contributed by atoms with Gasteiger partial charge in [-0.2, -0.15) is 0 Å². The van der Waals surface area contributed by atoms with E-state index >= 15 is 0 Å². The van der Waals surface area contributed by atoms with Crippen LogP contribution in [0.1, 0.15) is 32.6 Å². The van der Waals surface area contributed by atoms with Crippen LogP contribution in [-0.4, -0.2) is 70.2 Å². The van der Waals surface area contributed by atoms with Gasteiger partial charge in [-0.15, -0.1) is 0 Å². The van der Waals surface area contributed by atoms with Gasteiger partial charge < -0.3 is 24.3 Å². The number of aromatic nitrogens is 1. The lowest BCUT2D eigenvalue weighted by Crippen LogP contribution is -2.15. The van der Waals surface area contributed by atoms with Crippen LogP contribution in [-0.2, 0) is 18.9 Å². The monoisotopic (exact) mass is 370 g/mol. The summed E-state index contributed by atoms with van der Waals surface area (Å²) < 4.78 is 21.4. The summed E-state index contributed by atoms with van der Waals surface area (Å²) in [5.41, 5.74) is 0.676. The Balaban J connectivity index is 0.00000676. The SMILES string of the molecule is CCOCCOCCOCCOCCNc1cc(C(=O)C(C)C)ccn1.[HH]. The molecule has 1 N–H and O–H groups in total. The molecule has 0 spiro atoms. The predicted octanol–water partition coefficient (Wildman–Crippen LogP) is 2.66. The lowest BCUT2D eigenvalue weighted by molar-refractivity contribution is 0.000609. The lowest BCUT2D eigenvalue weighted by Gasteiger charge is -2.09. The van der Waals surface area contributed by atoms with Crippen molar-refractivity contribution in [1.82, 2.24) is 4.98 Å². The molecule has 0 saturated heterocycles. The maximum absolute atomic E-state index is 12.0. The van der Waals surface area contributed by atoms with Crippen molar-refractivity contribution >= 4 is 11.6 Å². The summed E-state index contributed by atoms with van der Waals surface area (Å²) in [6.07, 6.45) is 1.64. The first kappa shape index (κ1) is 22.5. The molecule has 1 heterocycles. The van der Waals surface area contributed by atoms with E-state index in [1.54, 1.807) is 18.3 Å². The van der Waals surface area contributed by atoms with Crippen LogP contribution in [0.3, 0.4) is 0 Å². The molecule has 1 aromatic rings. The number of pyridine rings is 1. The standard InChI is InChI=1S/C19H32N2O5.H2/c1-4-23-9-10-25-13-14-26-12-11-24-8-7-21-18-15-17(5-6-20-18)19(22)16(2)3;/h5-6,15-16H,4,7-14H2,1-3H3,(H,20,21);1H. The Kier molecular flexibility index (Phi) is 12.6. The maximum Gasteiger partial charge on any atom is 0.165 e. The van der Waals surface area contributed by atoms with Gasteiger partial charge in [-0.3, -0.25) is 4.79 Å². The van der Waals surface area contributed by atoms with Gasteiger partial charge in [0.15, 0.2) is 5.78 Å². The molecule has 0 aliphatic carbocycles. The summed E-state index contributed by atoms with van der Waals surface area (Å²) in [7, 11) is 0. The molecule has 0 bridgehead atoms. The zero-order valence-electron chi connectivity index (χ0n) is 16.2. The van der Waals surface area contributed by atoms with Crippen molar-refractivity contribution in [3.8, 4) is 0 Å². The van der Waals surface area contributed by atoms with Crippen LogP contribution in [0.5, 0.6) is 0 Å². The number of carbonyl (C=O) groups excluding carboxylic acids is 1. The molecular weight excluding hydrogens is 336 g/mol. The first-order valence-electron chi connectivity index (χ1n) is 9.20. The Morgan fingerprint density at radius 1 is 1.04 bits per heavy atom. The number of rotatable bonds is 16. The van der Waals surface area contributed by atoms with Gasteiger partial charge in [0.2, 0.25) is 0 Å². The molecular formula is C19H34N2O5. The van der Waals surface area contributed by atoms with E-state index in [1.807, 2.05) is 20.8 Å². The van der Waals surface area contributed by atoms with Gasteiger partial charge in [0.05, 0.1) is 46.2 Å². The molecule has 26 heavy (non-hydrogen) atoms. The molecule has 1 rings (SSSR count). The van der Waals surface area contributed by atoms with Crippen LogP contribution in [0.15, 0.2) is 18.3 Å². The molecule has 7 heteroatoms. The van der Waals surface area contributed by atoms with E-state index in [0.717, 1.165) is 0 Å². The number of Topliss-reactive ketones (excluding diaryl/α,β-unsaturated/α-hetero) is 1. The number of hydrogen-bond donors (Lipinski definition) is 1. The Morgan fingerprint density at radius 2 is 1.62 bits per heavy atom. The highest BCUT2D eigenvalue weighted by molar-refractivity contribution is 5.97. The smallest absolute Gasteiger partial charge is 0.165 e. The van der Waals surface area contributed by atoms with Crippen molar-refractivity contribution in [2.45, 2.75) is 20.8 Å². The number of ketones is 1. The first-order valence-corrected chi connectivity index (χ1v) is 9.20. The van der Waals surface area contributed by atoms with Crippen LogP contribution in [0, 0.1) is 5.92 Å². The molecule has 0 aromatic carbocycles. The number of hydrogen-bond acceptors (Lipinski definition) is 7. The minimum atomic E-state index is -0.0244. The van der Waals surface area contributed by atoms with Crippen molar-refractivity contribution in [3.63, 3.8) is 0 Å². The number of carbonyl (C=O) groups is 1. The molecule has 0 saturated carbocycles. The predicted molar refractivity (Wildman–Crippen MR) is 103 cm³/mol. The molecule has 0 atom stereocenters. The zero-order valence-corrected chi connectivity index (χ0v) is 16.2. The molecule has 1 aromatic heterocycles. The van der Waals surface area contributed by atoms with Crippen LogP contribution >= 0.6 is 0 Å². The Hall–Kier alpha value is -1.54. The fraction of sp³-hybridized carbons (Fsp3) is 0.684. The van der Waals surface area contributed by atoms with Crippen molar-refractivity contribution in [2.75, 3.05) is 64.7 Å². The lowest BCUT2D eigenvalue weighted by atomic mass is 10.0. The highest BCUT2D eigenvalue weighted by atomic mass is 16.6. The fourth-order valence-electron chi connectivity index (χ4n) is 2.07. The Bertz CT molecular complexity index is 503. The zero-order chi connectivity index (χ0) is 19.0. The van der Waals surface area contributed by atoms with Crippen LogP contribution < -0.4 is 5.32 Å². The van der Waals surface area contributed by atoms with Gasteiger partial charge in [0, 0.05) is 32.3 Å². The number of anilines is 1. The van der Waals surface area contributed by atoms with Crippen LogP contribution in [0.25, 0.3) is 0 Å². The van der Waals surface area contributed by atoms with Gasteiger partial charge >= 0.3 is 0 Å². The molecule has 7 nitrogen and oxygen atoms in total. The van der Waals surface area contributed by atoms with Gasteiger partial charge in [-0.1, -0.05) is 13.8 Å². The third-order valence-electron chi connectivity index (χ3n) is 3.44. The molecule has 0 aliphatic rings. The molecule has 0 radical (unpaired) electrons. The van der Waals surface area contributed by atoms with E-state index in [9.17, 15) is 4.79 Å².